The van der Waals surface area contributed by atoms with Gasteiger partial charge in [0.05, 0.1) is 0 Å². The van der Waals surface area contributed by atoms with Crippen molar-refractivity contribution in [2.24, 2.45) is 0 Å². The molecule has 6 nitrogen and oxygen atoms in total. The molecule has 2 radical (unpaired) electrons. The summed E-state index contributed by atoms with van der Waals surface area (Å²) in [4.78, 5) is 0. The summed E-state index contributed by atoms with van der Waals surface area (Å²) in [6.45, 7) is 0. The molecular weight excluding hydrogens is 214 g/mol. The summed E-state index contributed by atoms with van der Waals surface area (Å²) in [5.74, 6) is 0. The Balaban J connectivity index is 0. The van der Waals surface area contributed by atoms with E-state index >= 15 is 0 Å². The average molecular weight is 226 g/mol. The zero-order chi connectivity index (χ0) is 0. The summed E-state index contributed by atoms with van der Waals surface area (Å²) in [6.07, 6.45) is 0. The summed E-state index contributed by atoms with van der Waals surface area (Å²) >= 11 is 0. The summed E-state index contributed by atoms with van der Waals surface area (Å²) in [5, 5.41) is 0. The van der Waals surface area contributed by atoms with Gasteiger partial charge in [-0.15, -0.1) is 0 Å². The maximum Gasteiger partial charge on any atom is 0 e. The third-order valence-electron chi connectivity index (χ3n) is 0. The van der Waals surface area contributed by atoms with E-state index in [4.69, 9.17) is 0 Å². The Morgan fingerprint density at radius 1 is 0.250 bits per heavy atom. The molecule has 0 amide bonds. The molecule has 0 heterocycles. The fourth-order valence-electron chi connectivity index (χ4n) is 0. The molecule has 0 unspecified atom stereocenters. The first-order chi connectivity index (χ1) is 0. The Bertz CT molecular complexity index is 6.49. The second-order valence-electron chi connectivity index (χ2n) is 0. The monoisotopic (exact) mass is 226 g/mol. The van der Waals surface area contributed by atoms with Gasteiger partial charge in [-0.2, -0.15) is 0 Å². The van der Waals surface area contributed by atoms with Crippen LogP contribution in [-0.4, -0.2) is 32.9 Å². The molecule has 8 heteroatoms. The van der Waals surface area contributed by atoms with Crippen LogP contribution in [0.1, 0.15) is 0 Å². The van der Waals surface area contributed by atoms with E-state index < -0.39 is 0 Å². The molecule has 0 fully saturated rings. The predicted molar refractivity (Wildman–Crippen MR) is 21.7 cm³/mol. The maximum atomic E-state index is 0. The third kappa shape index (κ3) is 378. The Morgan fingerprint density at radius 2 is 0.250 bits per heavy atom. The van der Waals surface area contributed by atoms with Crippen LogP contribution in [0.25, 0.3) is 0 Å². The van der Waals surface area contributed by atoms with E-state index in [2.05, 4.69) is 0 Å². The quantitative estimate of drug-likeness (QED) is 0.382. The topological polar surface area (TPSA) is 189 Å². The van der Waals surface area contributed by atoms with Gasteiger partial charge in [-0.05, 0) is 0 Å². The molecule has 0 aliphatic carbocycles. The Hall–Kier alpha value is 0.773. The Labute approximate surface area is 66.9 Å². The number of hydrogen-bond donors (Lipinski definition) is 0. The van der Waals surface area contributed by atoms with Gasteiger partial charge in [-0.1, -0.05) is 0 Å². The second kappa shape index (κ2) is 597. The number of rotatable bonds is 0. The molecule has 0 rings (SSSR count). The summed E-state index contributed by atoms with van der Waals surface area (Å²) in [7, 11) is 0. The first kappa shape index (κ1) is 887. The summed E-state index contributed by atoms with van der Waals surface area (Å²) in [5.41, 5.74) is 0. The molecular formula is H12Co2O6. The van der Waals surface area contributed by atoms with Crippen LogP contribution in [0.2, 0.25) is 0 Å². The van der Waals surface area contributed by atoms with Crippen LogP contribution in [0.3, 0.4) is 0 Å². The molecule has 0 spiro atoms. The van der Waals surface area contributed by atoms with E-state index in [9.17, 15) is 0 Å². The molecule has 0 aromatic rings. The van der Waals surface area contributed by atoms with Crippen LogP contribution < -0.4 is 0 Å². The van der Waals surface area contributed by atoms with Crippen molar-refractivity contribution >= 4 is 0 Å². The van der Waals surface area contributed by atoms with Crippen LogP contribution in [0, 0.1) is 0 Å². The largest absolute Gasteiger partial charge is 0.412 e. The van der Waals surface area contributed by atoms with Crippen molar-refractivity contribution in [2.75, 3.05) is 0 Å². The van der Waals surface area contributed by atoms with Gasteiger partial charge in [0, 0.05) is 33.6 Å². The van der Waals surface area contributed by atoms with Crippen molar-refractivity contribution in [3.8, 4) is 0 Å². The zero-order valence-corrected chi connectivity index (χ0v) is 5.75. The molecule has 0 aliphatic heterocycles. The van der Waals surface area contributed by atoms with Gasteiger partial charge in [0.15, 0.2) is 0 Å². The van der Waals surface area contributed by atoms with Crippen LogP contribution in [0.4, 0.5) is 0 Å². The third-order valence-corrected chi connectivity index (χ3v) is 0. The summed E-state index contributed by atoms with van der Waals surface area (Å²) < 4.78 is 0. The molecule has 12 N–H and O–H groups in total. The molecule has 66 valence electrons. The van der Waals surface area contributed by atoms with E-state index in [1.54, 1.807) is 0 Å². The SMILES string of the molecule is O.O.O.O.O.O.[Co].[Co]. The van der Waals surface area contributed by atoms with E-state index in [0.717, 1.165) is 0 Å². The summed E-state index contributed by atoms with van der Waals surface area (Å²) in [6, 6.07) is 0. The van der Waals surface area contributed by atoms with Crippen molar-refractivity contribution in [1.82, 2.24) is 0 Å². The minimum atomic E-state index is 0. The van der Waals surface area contributed by atoms with Gasteiger partial charge >= 0.3 is 0 Å². The number of hydrogen-bond acceptors (Lipinski definition) is 0. The van der Waals surface area contributed by atoms with Crippen molar-refractivity contribution in [2.45, 2.75) is 0 Å². The first-order valence-corrected chi connectivity index (χ1v) is 0. The molecule has 0 saturated heterocycles. The minimum absolute atomic E-state index is 0. The van der Waals surface area contributed by atoms with Gasteiger partial charge < -0.3 is 32.9 Å². The smallest absolute Gasteiger partial charge is 0 e. The van der Waals surface area contributed by atoms with Gasteiger partial charge in [-0.3, -0.25) is 0 Å². The average Bonchev–Trinajstić information content (AvgIpc) is 0. The minimum Gasteiger partial charge on any atom is -0.412 e. The van der Waals surface area contributed by atoms with Gasteiger partial charge in [0.2, 0.25) is 0 Å². The molecule has 0 aliphatic rings. The molecule has 0 aromatic heterocycles. The normalized spacial score (nSPS) is 0. The van der Waals surface area contributed by atoms with Crippen molar-refractivity contribution < 1.29 is 66.4 Å². The fourth-order valence-corrected chi connectivity index (χ4v) is 0. The Kier molecular flexibility index (Phi) is 66200. The van der Waals surface area contributed by atoms with Gasteiger partial charge in [0.25, 0.3) is 0 Å². The molecule has 8 heavy (non-hydrogen) atoms. The first-order valence-electron chi connectivity index (χ1n) is 0. The molecule has 0 saturated carbocycles. The maximum absolute atomic E-state index is 0. The Morgan fingerprint density at radius 3 is 0.250 bits per heavy atom. The second-order valence-corrected chi connectivity index (χ2v) is 0. The van der Waals surface area contributed by atoms with Gasteiger partial charge in [0.1, 0.15) is 0 Å². The van der Waals surface area contributed by atoms with Gasteiger partial charge in [-0.25, -0.2) is 0 Å². The van der Waals surface area contributed by atoms with Crippen LogP contribution >= 0.6 is 0 Å². The van der Waals surface area contributed by atoms with E-state index in [1.807, 2.05) is 0 Å². The standard InChI is InChI=1S/2Co.6H2O/h;;6*1H2. The van der Waals surface area contributed by atoms with Crippen LogP contribution in [0.5, 0.6) is 0 Å². The van der Waals surface area contributed by atoms with Crippen molar-refractivity contribution in [1.29, 1.82) is 0 Å². The van der Waals surface area contributed by atoms with E-state index in [0.29, 0.717) is 0 Å². The zero-order valence-electron chi connectivity index (χ0n) is 3.67. The van der Waals surface area contributed by atoms with E-state index in [1.165, 1.54) is 0 Å². The predicted octanol–water partition coefficient (Wildman–Crippen LogP) is -4.95. The van der Waals surface area contributed by atoms with Crippen molar-refractivity contribution in [3.05, 3.63) is 0 Å². The van der Waals surface area contributed by atoms with Crippen LogP contribution in [0.15, 0.2) is 0 Å². The molecule has 0 aromatic carbocycles. The van der Waals surface area contributed by atoms with Crippen LogP contribution in [-0.2, 0) is 33.6 Å². The molecule has 0 bridgehead atoms. The van der Waals surface area contributed by atoms with Crippen molar-refractivity contribution in [3.63, 3.8) is 0 Å². The van der Waals surface area contributed by atoms with E-state index in [-0.39, 0.29) is 66.4 Å². The fraction of sp³-hybridized carbons (Fsp3) is 0. The molecule has 0 atom stereocenters.